The number of aromatic nitrogens is 2. The Bertz CT molecular complexity index is 1030. The molecule has 2 heterocycles. The first-order valence-electron chi connectivity index (χ1n) is 8.70. The largest absolute Gasteiger partial charge is 0.490 e. The second kappa shape index (κ2) is 7.19. The van der Waals surface area contributed by atoms with Crippen molar-refractivity contribution in [3.05, 3.63) is 52.4 Å². The van der Waals surface area contributed by atoms with E-state index >= 15 is 0 Å². The maximum atomic E-state index is 13.0. The van der Waals surface area contributed by atoms with Crippen molar-refractivity contribution in [1.82, 2.24) is 8.96 Å². The number of halogens is 1. The van der Waals surface area contributed by atoms with Gasteiger partial charge in [0.2, 0.25) is 0 Å². The molecule has 26 heavy (non-hydrogen) atoms. The van der Waals surface area contributed by atoms with Crippen molar-refractivity contribution in [2.75, 3.05) is 0 Å². The summed E-state index contributed by atoms with van der Waals surface area (Å²) in [6.45, 7) is 0. The van der Waals surface area contributed by atoms with Crippen molar-refractivity contribution in [2.24, 2.45) is 0 Å². The maximum absolute atomic E-state index is 13.0. The highest BCUT2D eigenvalue weighted by Gasteiger charge is 2.24. The van der Waals surface area contributed by atoms with Gasteiger partial charge in [0.15, 0.2) is 5.65 Å². The molecule has 0 amide bonds. The zero-order chi connectivity index (χ0) is 18.1. The summed E-state index contributed by atoms with van der Waals surface area (Å²) in [6, 6.07) is 10.2. The molecule has 0 radical (unpaired) electrons. The molecule has 0 spiro atoms. The average Bonchev–Trinajstić information content (AvgIpc) is 3.02. The summed E-state index contributed by atoms with van der Waals surface area (Å²) in [5.74, 6) is 0.716. The molecule has 136 valence electrons. The Balaban J connectivity index is 1.80. The van der Waals surface area contributed by atoms with Gasteiger partial charge in [0.1, 0.15) is 5.75 Å². The molecule has 0 atom stereocenters. The molecule has 1 aromatic carbocycles. The van der Waals surface area contributed by atoms with Crippen LogP contribution in [0.25, 0.3) is 11.0 Å². The first-order valence-corrected chi connectivity index (χ1v) is 11.2. The van der Waals surface area contributed by atoms with Gasteiger partial charge in [0.05, 0.1) is 16.4 Å². The molecule has 0 aliphatic heterocycles. The number of hydrogen-bond donors (Lipinski definition) is 0. The van der Waals surface area contributed by atoms with Crippen LogP contribution in [0, 0.1) is 3.57 Å². The topological polar surface area (TPSA) is 61.2 Å². The van der Waals surface area contributed by atoms with E-state index in [9.17, 15) is 8.42 Å². The summed E-state index contributed by atoms with van der Waals surface area (Å²) in [7, 11) is -3.70. The predicted molar refractivity (Wildman–Crippen MR) is 109 cm³/mol. The second-order valence-electron chi connectivity index (χ2n) is 6.48. The van der Waals surface area contributed by atoms with Gasteiger partial charge in [-0.15, -0.1) is 0 Å². The van der Waals surface area contributed by atoms with Crippen LogP contribution in [0.4, 0.5) is 0 Å². The molecule has 1 aliphatic rings. The van der Waals surface area contributed by atoms with Crippen LogP contribution in [-0.2, 0) is 10.0 Å². The van der Waals surface area contributed by atoms with Crippen LogP contribution in [-0.4, -0.2) is 23.5 Å². The molecule has 0 unspecified atom stereocenters. The molecule has 1 fully saturated rings. The Labute approximate surface area is 166 Å². The van der Waals surface area contributed by atoms with Gasteiger partial charge in [-0.1, -0.05) is 24.6 Å². The maximum Gasteiger partial charge on any atom is 0.269 e. The van der Waals surface area contributed by atoms with Crippen molar-refractivity contribution in [3.63, 3.8) is 0 Å². The molecule has 0 saturated heterocycles. The fourth-order valence-electron chi connectivity index (χ4n) is 3.40. The summed E-state index contributed by atoms with van der Waals surface area (Å²) in [4.78, 5) is 4.59. The third-order valence-electron chi connectivity index (χ3n) is 4.72. The number of pyridine rings is 1. The van der Waals surface area contributed by atoms with Gasteiger partial charge in [0, 0.05) is 16.0 Å². The number of ether oxygens (including phenoxy) is 1. The Morgan fingerprint density at radius 2 is 1.81 bits per heavy atom. The van der Waals surface area contributed by atoms with Crippen LogP contribution in [0.5, 0.6) is 5.75 Å². The van der Waals surface area contributed by atoms with Crippen LogP contribution in [0.3, 0.4) is 0 Å². The Morgan fingerprint density at radius 1 is 1.08 bits per heavy atom. The summed E-state index contributed by atoms with van der Waals surface area (Å²) in [6.07, 6.45) is 9.14. The summed E-state index contributed by atoms with van der Waals surface area (Å²) in [5.41, 5.74) is 0.409. The fraction of sp³-hybridized carbons (Fsp3) is 0.316. The normalized spacial score (nSPS) is 16.0. The zero-order valence-corrected chi connectivity index (χ0v) is 17.1. The van der Waals surface area contributed by atoms with E-state index in [0.29, 0.717) is 11.4 Å². The quantitative estimate of drug-likeness (QED) is 0.511. The van der Waals surface area contributed by atoms with E-state index in [-0.39, 0.29) is 11.0 Å². The smallest absolute Gasteiger partial charge is 0.269 e. The van der Waals surface area contributed by atoms with Gasteiger partial charge in [-0.05, 0) is 66.5 Å². The first-order chi connectivity index (χ1) is 12.6. The van der Waals surface area contributed by atoms with Crippen LogP contribution in [0.15, 0.2) is 53.7 Å². The second-order valence-corrected chi connectivity index (χ2v) is 9.45. The molecule has 4 rings (SSSR count). The van der Waals surface area contributed by atoms with Crippen molar-refractivity contribution < 1.29 is 13.2 Å². The van der Waals surface area contributed by atoms with Crippen LogP contribution in [0.1, 0.15) is 32.1 Å². The summed E-state index contributed by atoms with van der Waals surface area (Å²) >= 11 is 2.15. The molecule has 0 N–H and O–H groups in total. The van der Waals surface area contributed by atoms with Gasteiger partial charge < -0.3 is 4.74 Å². The third kappa shape index (κ3) is 3.22. The Morgan fingerprint density at radius 3 is 2.54 bits per heavy atom. The summed E-state index contributed by atoms with van der Waals surface area (Å²) in [5, 5.41) is 0.762. The van der Waals surface area contributed by atoms with Gasteiger partial charge in [-0.25, -0.2) is 17.4 Å². The standard InChI is InChI=1S/C19H19IN2O3S/c20-16-13-22(26(23,24)15-9-5-2-6-10-15)19-18(16)17(11-12-21-19)25-14-7-3-1-4-8-14/h2,5-6,9-14H,1,3-4,7-8H2. The molecule has 1 saturated carbocycles. The van der Waals surface area contributed by atoms with Crippen molar-refractivity contribution in [3.8, 4) is 5.75 Å². The highest BCUT2D eigenvalue weighted by molar-refractivity contribution is 14.1. The number of benzene rings is 1. The van der Waals surface area contributed by atoms with Gasteiger partial charge in [-0.2, -0.15) is 0 Å². The molecule has 5 nitrogen and oxygen atoms in total. The van der Waals surface area contributed by atoms with E-state index in [2.05, 4.69) is 27.6 Å². The average molecular weight is 482 g/mol. The fourth-order valence-corrected chi connectivity index (χ4v) is 5.72. The van der Waals surface area contributed by atoms with Gasteiger partial charge in [-0.3, -0.25) is 0 Å². The molecule has 2 aromatic heterocycles. The molecule has 0 bridgehead atoms. The minimum Gasteiger partial charge on any atom is -0.490 e. The summed E-state index contributed by atoms with van der Waals surface area (Å²) < 4.78 is 34.4. The van der Waals surface area contributed by atoms with E-state index in [1.54, 1.807) is 42.7 Å². The van der Waals surface area contributed by atoms with E-state index in [0.717, 1.165) is 21.8 Å². The third-order valence-corrected chi connectivity index (χ3v) is 7.20. The molecular formula is C19H19IN2O3S. The van der Waals surface area contributed by atoms with Crippen LogP contribution in [0.2, 0.25) is 0 Å². The zero-order valence-electron chi connectivity index (χ0n) is 14.1. The minimum atomic E-state index is -3.70. The van der Waals surface area contributed by atoms with Gasteiger partial charge >= 0.3 is 0 Å². The first kappa shape index (κ1) is 17.8. The van der Waals surface area contributed by atoms with E-state index in [4.69, 9.17) is 4.74 Å². The van der Waals surface area contributed by atoms with Crippen molar-refractivity contribution in [2.45, 2.75) is 43.1 Å². The number of nitrogens with zero attached hydrogens (tertiary/aromatic N) is 2. The van der Waals surface area contributed by atoms with Gasteiger partial charge in [0.25, 0.3) is 10.0 Å². The van der Waals surface area contributed by atoms with Crippen molar-refractivity contribution >= 4 is 43.6 Å². The minimum absolute atomic E-state index is 0.194. The lowest BCUT2D eigenvalue weighted by Crippen LogP contribution is -2.19. The predicted octanol–water partition coefficient (Wildman–Crippen LogP) is 4.59. The highest BCUT2D eigenvalue weighted by atomic mass is 127. The Kier molecular flexibility index (Phi) is 4.92. The molecule has 1 aliphatic carbocycles. The van der Waals surface area contributed by atoms with E-state index in [1.807, 2.05) is 6.07 Å². The van der Waals surface area contributed by atoms with E-state index < -0.39 is 10.0 Å². The lowest BCUT2D eigenvalue weighted by molar-refractivity contribution is 0.157. The lowest BCUT2D eigenvalue weighted by atomic mass is 9.98. The number of fused-ring (bicyclic) bond motifs is 1. The molecule has 7 heteroatoms. The highest BCUT2D eigenvalue weighted by Crippen LogP contribution is 2.34. The lowest BCUT2D eigenvalue weighted by Gasteiger charge is -2.23. The Hall–Kier alpha value is -1.61. The molecular weight excluding hydrogens is 463 g/mol. The SMILES string of the molecule is O=S(=O)(c1ccccc1)n1cc(I)c2c(OC3CCCCC3)ccnc21. The van der Waals surface area contributed by atoms with E-state index in [1.165, 1.54) is 23.2 Å². The van der Waals surface area contributed by atoms with Crippen LogP contribution < -0.4 is 4.74 Å². The molecule has 3 aromatic rings. The number of rotatable bonds is 4. The van der Waals surface area contributed by atoms with Crippen LogP contribution >= 0.6 is 22.6 Å². The number of hydrogen-bond acceptors (Lipinski definition) is 4. The monoisotopic (exact) mass is 482 g/mol. The van der Waals surface area contributed by atoms with Crippen molar-refractivity contribution in [1.29, 1.82) is 0 Å².